The lowest BCUT2D eigenvalue weighted by Crippen LogP contribution is -2.13. The summed E-state index contributed by atoms with van der Waals surface area (Å²) in [5.41, 5.74) is 2.61. The quantitative estimate of drug-likeness (QED) is 0.696. The van der Waals surface area contributed by atoms with Crippen LogP contribution in [0.4, 0.5) is 13.2 Å². The lowest BCUT2D eigenvalue weighted by atomic mass is 10.1. The van der Waals surface area contributed by atoms with Crippen LogP contribution in [-0.2, 0) is 12.6 Å². The van der Waals surface area contributed by atoms with E-state index in [1.165, 1.54) is 0 Å². The van der Waals surface area contributed by atoms with Crippen molar-refractivity contribution >= 4 is 11.4 Å². The Balaban J connectivity index is 1.79. The van der Waals surface area contributed by atoms with Gasteiger partial charge in [0.25, 0.3) is 5.82 Å². The minimum absolute atomic E-state index is 0.0294. The predicted molar refractivity (Wildman–Crippen MR) is 84.4 cm³/mol. The molecular weight excluding hydrogens is 349 g/mol. The van der Waals surface area contributed by atoms with Gasteiger partial charge in [0, 0.05) is 23.1 Å². The number of rotatable bonds is 2. The highest BCUT2D eigenvalue weighted by molar-refractivity contribution is 6.00. The highest BCUT2D eigenvalue weighted by atomic mass is 19.4. The molecule has 0 radical (unpaired) electrons. The summed E-state index contributed by atoms with van der Waals surface area (Å²) in [4.78, 5) is 11.7. The molecule has 26 heavy (non-hydrogen) atoms. The molecule has 0 aliphatic heterocycles. The molecule has 2 aromatic heterocycles. The molecule has 0 saturated heterocycles. The third kappa shape index (κ3) is 2.51. The Morgan fingerprint density at radius 2 is 1.88 bits per heavy atom. The SMILES string of the molecule is Cc1c(Oc2ccc3c(c2)CCC3=O)nn2c(C(F)(F)F)nnc2c1C. The average molecular weight is 362 g/mol. The van der Waals surface area contributed by atoms with Gasteiger partial charge in [0.1, 0.15) is 5.75 Å². The van der Waals surface area contributed by atoms with E-state index in [1.807, 2.05) is 0 Å². The monoisotopic (exact) mass is 362 g/mol. The summed E-state index contributed by atoms with van der Waals surface area (Å²) in [6.07, 6.45) is -3.60. The number of aromatic nitrogens is 4. The van der Waals surface area contributed by atoms with Gasteiger partial charge >= 0.3 is 6.18 Å². The standard InChI is InChI=1S/C17H13F3N4O2/c1-8-9(2)15(23-24-14(8)21-22-16(24)17(18,19)20)26-11-4-5-12-10(7-11)3-6-13(12)25/h4-5,7H,3,6H2,1-2H3. The smallest absolute Gasteiger partial charge is 0.437 e. The Bertz CT molecular complexity index is 1060. The fraction of sp³-hybridized carbons (Fsp3) is 0.294. The van der Waals surface area contributed by atoms with Crippen molar-refractivity contribution in [2.75, 3.05) is 0 Å². The zero-order valence-electron chi connectivity index (χ0n) is 13.9. The van der Waals surface area contributed by atoms with E-state index in [0.717, 1.165) is 5.56 Å². The van der Waals surface area contributed by atoms with Crippen molar-refractivity contribution in [3.63, 3.8) is 0 Å². The van der Waals surface area contributed by atoms with Crippen molar-refractivity contribution in [1.29, 1.82) is 0 Å². The topological polar surface area (TPSA) is 69.4 Å². The van der Waals surface area contributed by atoms with E-state index in [0.29, 0.717) is 39.8 Å². The first-order valence-electron chi connectivity index (χ1n) is 7.89. The number of carbonyl (C=O) groups is 1. The summed E-state index contributed by atoms with van der Waals surface area (Å²) in [5.74, 6) is -0.684. The van der Waals surface area contributed by atoms with Crippen LogP contribution in [0.25, 0.3) is 5.65 Å². The van der Waals surface area contributed by atoms with E-state index in [2.05, 4.69) is 15.3 Å². The maximum atomic E-state index is 13.1. The number of aryl methyl sites for hydroxylation is 2. The molecule has 4 rings (SSSR count). The van der Waals surface area contributed by atoms with Crippen LogP contribution in [-0.4, -0.2) is 25.6 Å². The van der Waals surface area contributed by atoms with Crippen LogP contribution in [0.2, 0.25) is 0 Å². The van der Waals surface area contributed by atoms with Gasteiger partial charge in [-0.15, -0.1) is 15.3 Å². The molecule has 9 heteroatoms. The maximum absolute atomic E-state index is 13.1. The van der Waals surface area contributed by atoms with Crippen molar-refractivity contribution in [2.45, 2.75) is 32.9 Å². The van der Waals surface area contributed by atoms with Crippen LogP contribution in [0.3, 0.4) is 0 Å². The summed E-state index contributed by atoms with van der Waals surface area (Å²) < 4.78 is 45.7. The van der Waals surface area contributed by atoms with Gasteiger partial charge in [-0.3, -0.25) is 4.79 Å². The first-order valence-corrected chi connectivity index (χ1v) is 7.89. The molecule has 0 atom stereocenters. The number of hydrogen-bond donors (Lipinski definition) is 0. The van der Waals surface area contributed by atoms with Crippen molar-refractivity contribution in [3.8, 4) is 11.6 Å². The molecule has 2 heterocycles. The number of Topliss-reactive ketones (excluding diaryl/α,β-unsaturated/α-hetero) is 1. The van der Waals surface area contributed by atoms with Crippen molar-refractivity contribution in [1.82, 2.24) is 19.8 Å². The molecule has 0 fully saturated rings. The van der Waals surface area contributed by atoms with E-state index < -0.39 is 12.0 Å². The number of carbonyl (C=O) groups excluding carboxylic acids is 1. The van der Waals surface area contributed by atoms with Gasteiger partial charge in [-0.05, 0) is 44.0 Å². The third-order valence-corrected chi connectivity index (χ3v) is 4.52. The fourth-order valence-corrected chi connectivity index (χ4v) is 2.98. The van der Waals surface area contributed by atoms with E-state index in [-0.39, 0.29) is 17.3 Å². The molecular formula is C17H13F3N4O2. The highest BCUT2D eigenvalue weighted by Gasteiger charge is 2.38. The van der Waals surface area contributed by atoms with Gasteiger partial charge in [-0.1, -0.05) is 0 Å². The van der Waals surface area contributed by atoms with E-state index in [4.69, 9.17) is 4.74 Å². The second-order valence-corrected chi connectivity index (χ2v) is 6.16. The van der Waals surface area contributed by atoms with Crippen LogP contribution in [0.15, 0.2) is 18.2 Å². The Hall–Kier alpha value is -2.97. The number of nitrogens with zero attached hydrogens (tertiary/aromatic N) is 4. The highest BCUT2D eigenvalue weighted by Crippen LogP contribution is 2.33. The molecule has 0 amide bonds. The summed E-state index contributed by atoms with van der Waals surface area (Å²) in [6, 6.07) is 5.00. The van der Waals surface area contributed by atoms with Crippen LogP contribution in [0.1, 0.15) is 39.3 Å². The number of benzene rings is 1. The second-order valence-electron chi connectivity index (χ2n) is 6.16. The van der Waals surface area contributed by atoms with Crippen LogP contribution >= 0.6 is 0 Å². The molecule has 0 bridgehead atoms. The predicted octanol–water partition coefficient (Wildman–Crippen LogP) is 3.68. The zero-order valence-corrected chi connectivity index (χ0v) is 13.9. The molecule has 0 spiro atoms. The van der Waals surface area contributed by atoms with Crippen molar-refractivity contribution < 1.29 is 22.7 Å². The third-order valence-electron chi connectivity index (χ3n) is 4.52. The first-order chi connectivity index (χ1) is 12.3. The van der Waals surface area contributed by atoms with Crippen molar-refractivity contribution in [2.24, 2.45) is 0 Å². The molecule has 1 aliphatic rings. The van der Waals surface area contributed by atoms with E-state index in [1.54, 1.807) is 32.0 Å². The summed E-state index contributed by atoms with van der Waals surface area (Å²) in [7, 11) is 0. The molecule has 1 aliphatic carbocycles. The van der Waals surface area contributed by atoms with Crippen LogP contribution in [0.5, 0.6) is 11.6 Å². The molecule has 134 valence electrons. The van der Waals surface area contributed by atoms with E-state index >= 15 is 0 Å². The summed E-state index contributed by atoms with van der Waals surface area (Å²) in [5, 5.41) is 10.7. The lowest BCUT2D eigenvalue weighted by molar-refractivity contribution is -0.146. The second kappa shape index (κ2) is 5.52. The Labute approximate surface area is 145 Å². The van der Waals surface area contributed by atoms with Gasteiger partial charge < -0.3 is 4.74 Å². The number of halogens is 3. The van der Waals surface area contributed by atoms with Gasteiger partial charge in [0.05, 0.1) is 0 Å². The fourth-order valence-electron chi connectivity index (χ4n) is 2.98. The Morgan fingerprint density at radius 1 is 1.12 bits per heavy atom. The molecule has 1 aromatic carbocycles. The lowest BCUT2D eigenvalue weighted by Gasteiger charge is -2.12. The number of ketones is 1. The maximum Gasteiger partial charge on any atom is 0.453 e. The Morgan fingerprint density at radius 3 is 2.62 bits per heavy atom. The van der Waals surface area contributed by atoms with Crippen LogP contribution in [0, 0.1) is 13.8 Å². The zero-order chi connectivity index (χ0) is 18.6. The summed E-state index contributed by atoms with van der Waals surface area (Å²) >= 11 is 0. The number of hydrogen-bond acceptors (Lipinski definition) is 5. The molecule has 6 nitrogen and oxygen atoms in total. The van der Waals surface area contributed by atoms with Gasteiger partial charge in [0.15, 0.2) is 11.4 Å². The number of ether oxygens (including phenoxy) is 1. The van der Waals surface area contributed by atoms with Crippen LogP contribution < -0.4 is 4.74 Å². The number of fused-ring (bicyclic) bond motifs is 2. The molecule has 3 aromatic rings. The van der Waals surface area contributed by atoms with Gasteiger partial charge in [-0.2, -0.15) is 17.7 Å². The molecule has 0 N–H and O–H groups in total. The average Bonchev–Trinajstić information content (AvgIpc) is 3.16. The normalized spacial score (nSPS) is 14.1. The minimum Gasteiger partial charge on any atom is -0.437 e. The van der Waals surface area contributed by atoms with Gasteiger partial charge in [0.2, 0.25) is 5.88 Å². The molecule has 0 unspecified atom stereocenters. The summed E-state index contributed by atoms with van der Waals surface area (Å²) in [6.45, 7) is 3.33. The van der Waals surface area contributed by atoms with E-state index in [9.17, 15) is 18.0 Å². The molecule has 0 saturated carbocycles. The van der Waals surface area contributed by atoms with Gasteiger partial charge in [-0.25, -0.2) is 0 Å². The largest absolute Gasteiger partial charge is 0.453 e. The number of alkyl halides is 3. The minimum atomic E-state index is -4.68. The van der Waals surface area contributed by atoms with Crippen molar-refractivity contribution in [3.05, 3.63) is 46.3 Å². The first kappa shape index (κ1) is 16.5. The Kier molecular flexibility index (Phi) is 3.50.